The van der Waals surface area contributed by atoms with Crippen LogP contribution in [0.1, 0.15) is 42.0 Å². The lowest BCUT2D eigenvalue weighted by Crippen LogP contribution is -2.40. The van der Waals surface area contributed by atoms with Crippen LogP contribution in [0.5, 0.6) is 0 Å². The Morgan fingerprint density at radius 3 is 2.74 bits per heavy atom. The van der Waals surface area contributed by atoms with Gasteiger partial charge in [-0.25, -0.2) is 9.38 Å². The monoisotopic (exact) mass is 365 g/mol. The van der Waals surface area contributed by atoms with Gasteiger partial charge in [0.05, 0.1) is 6.04 Å². The van der Waals surface area contributed by atoms with Crippen LogP contribution in [0, 0.1) is 5.82 Å². The molecular formula is C22H24FN3O. The molecule has 5 rings (SSSR count). The fourth-order valence-electron chi connectivity index (χ4n) is 4.77. The summed E-state index contributed by atoms with van der Waals surface area (Å²) in [7, 11) is 0. The molecule has 4 nitrogen and oxygen atoms in total. The maximum absolute atomic E-state index is 13.5. The van der Waals surface area contributed by atoms with Crippen LogP contribution in [0.3, 0.4) is 0 Å². The van der Waals surface area contributed by atoms with E-state index >= 15 is 0 Å². The molecule has 1 fully saturated rings. The van der Waals surface area contributed by atoms with E-state index in [1.807, 2.05) is 12.1 Å². The van der Waals surface area contributed by atoms with E-state index in [9.17, 15) is 4.39 Å². The van der Waals surface area contributed by atoms with Crippen molar-refractivity contribution in [2.24, 2.45) is 10.7 Å². The normalized spacial score (nSPS) is 29.6. The lowest BCUT2D eigenvalue weighted by Gasteiger charge is -2.38. The van der Waals surface area contributed by atoms with Crippen molar-refractivity contribution in [1.29, 1.82) is 0 Å². The van der Waals surface area contributed by atoms with Crippen LogP contribution in [0.25, 0.3) is 0 Å². The minimum atomic E-state index is -0.220. The highest BCUT2D eigenvalue weighted by Gasteiger charge is 2.45. The van der Waals surface area contributed by atoms with Crippen molar-refractivity contribution in [3.63, 3.8) is 0 Å². The Balaban J connectivity index is 1.55. The largest absolute Gasteiger partial charge is 0.463 e. The molecule has 1 spiro atoms. The summed E-state index contributed by atoms with van der Waals surface area (Å²) in [5.74, 6) is -0.220. The Morgan fingerprint density at radius 1 is 1.15 bits per heavy atom. The van der Waals surface area contributed by atoms with Gasteiger partial charge in [-0.1, -0.05) is 36.4 Å². The molecule has 0 saturated heterocycles. The summed E-state index contributed by atoms with van der Waals surface area (Å²) >= 11 is 0. The molecule has 1 saturated carbocycles. The van der Waals surface area contributed by atoms with Gasteiger partial charge in [-0.05, 0) is 54.5 Å². The fourth-order valence-corrected chi connectivity index (χ4v) is 4.77. The zero-order chi connectivity index (χ0) is 18.4. The SMILES string of the molecule is N[C@@H]1CC[C@]2(COC(N3CCc4ccccc4[C@@H]3c3ccc(F)cc3)=N2)C1. The Bertz CT molecular complexity index is 881. The lowest BCUT2D eigenvalue weighted by atomic mass is 9.88. The quantitative estimate of drug-likeness (QED) is 0.843. The molecule has 0 bridgehead atoms. The third kappa shape index (κ3) is 2.90. The fraction of sp³-hybridized carbons (Fsp3) is 0.409. The molecule has 27 heavy (non-hydrogen) atoms. The van der Waals surface area contributed by atoms with Crippen LogP contribution >= 0.6 is 0 Å². The average molecular weight is 365 g/mol. The van der Waals surface area contributed by atoms with E-state index in [0.717, 1.165) is 37.8 Å². The molecule has 5 heteroatoms. The standard InChI is InChI=1S/C22H24FN3O/c23-17-7-5-16(6-8-17)20-19-4-2-1-3-15(19)10-12-26(20)21-25-22(14-27-21)11-9-18(24)13-22/h1-8,18,20H,9-14,24H2/t18-,20+,22-/m1/s1. The van der Waals surface area contributed by atoms with Crippen molar-refractivity contribution in [2.75, 3.05) is 13.2 Å². The summed E-state index contributed by atoms with van der Waals surface area (Å²) in [6, 6.07) is 16.2. The number of nitrogens with two attached hydrogens (primary N) is 1. The number of nitrogens with zero attached hydrogens (tertiary/aromatic N) is 2. The molecule has 1 aliphatic carbocycles. The lowest BCUT2D eigenvalue weighted by molar-refractivity contribution is 0.202. The van der Waals surface area contributed by atoms with E-state index < -0.39 is 0 Å². The maximum Gasteiger partial charge on any atom is 0.288 e. The zero-order valence-corrected chi connectivity index (χ0v) is 15.3. The van der Waals surface area contributed by atoms with Crippen molar-refractivity contribution in [3.8, 4) is 0 Å². The van der Waals surface area contributed by atoms with E-state index in [2.05, 4.69) is 29.2 Å². The van der Waals surface area contributed by atoms with Gasteiger partial charge in [0, 0.05) is 12.6 Å². The molecule has 0 amide bonds. The summed E-state index contributed by atoms with van der Waals surface area (Å²) in [4.78, 5) is 7.27. The second-order valence-electron chi connectivity index (χ2n) is 8.01. The van der Waals surface area contributed by atoms with Crippen LogP contribution in [0.2, 0.25) is 0 Å². The first-order valence-corrected chi connectivity index (χ1v) is 9.72. The first-order chi connectivity index (χ1) is 13.1. The summed E-state index contributed by atoms with van der Waals surface area (Å²) in [5.41, 5.74) is 9.61. The number of benzene rings is 2. The molecule has 2 aromatic carbocycles. The topological polar surface area (TPSA) is 50.9 Å². The van der Waals surface area contributed by atoms with Gasteiger partial charge in [-0.2, -0.15) is 0 Å². The number of amidine groups is 1. The first-order valence-electron chi connectivity index (χ1n) is 9.72. The highest BCUT2D eigenvalue weighted by molar-refractivity contribution is 5.78. The molecule has 2 N–H and O–H groups in total. The molecule has 0 aromatic heterocycles. The molecule has 3 aliphatic rings. The molecule has 2 heterocycles. The number of halogens is 1. The maximum atomic E-state index is 13.5. The van der Waals surface area contributed by atoms with E-state index in [1.54, 1.807) is 0 Å². The molecule has 0 unspecified atom stereocenters. The van der Waals surface area contributed by atoms with Gasteiger partial charge in [0.2, 0.25) is 0 Å². The van der Waals surface area contributed by atoms with Gasteiger partial charge in [0.1, 0.15) is 18.0 Å². The number of fused-ring (bicyclic) bond motifs is 1. The van der Waals surface area contributed by atoms with E-state index in [1.165, 1.54) is 23.3 Å². The number of aliphatic imine (C=N–C) groups is 1. The number of hydrogen-bond acceptors (Lipinski definition) is 4. The van der Waals surface area contributed by atoms with Crippen LogP contribution in [0.15, 0.2) is 53.5 Å². The molecular weight excluding hydrogens is 341 g/mol. The molecule has 3 atom stereocenters. The van der Waals surface area contributed by atoms with Crippen LogP contribution in [0.4, 0.5) is 4.39 Å². The van der Waals surface area contributed by atoms with Gasteiger partial charge in [-0.15, -0.1) is 0 Å². The Morgan fingerprint density at radius 2 is 1.96 bits per heavy atom. The molecule has 2 aromatic rings. The minimum Gasteiger partial charge on any atom is -0.463 e. The third-order valence-corrected chi connectivity index (χ3v) is 6.14. The van der Waals surface area contributed by atoms with E-state index in [-0.39, 0.29) is 23.4 Å². The zero-order valence-electron chi connectivity index (χ0n) is 15.3. The highest BCUT2D eigenvalue weighted by Crippen LogP contribution is 2.40. The Hall–Kier alpha value is -2.40. The van der Waals surface area contributed by atoms with Gasteiger partial charge in [-0.3, -0.25) is 0 Å². The summed E-state index contributed by atoms with van der Waals surface area (Å²) in [5, 5.41) is 0. The predicted octanol–water partition coefficient (Wildman–Crippen LogP) is 3.41. The van der Waals surface area contributed by atoms with Crippen molar-refractivity contribution in [2.45, 2.75) is 43.3 Å². The summed E-state index contributed by atoms with van der Waals surface area (Å²) < 4.78 is 19.6. The molecule has 140 valence electrons. The predicted molar refractivity (Wildman–Crippen MR) is 103 cm³/mol. The van der Waals surface area contributed by atoms with Gasteiger partial charge >= 0.3 is 0 Å². The van der Waals surface area contributed by atoms with Crippen LogP contribution in [-0.4, -0.2) is 35.7 Å². The van der Waals surface area contributed by atoms with Crippen molar-refractivity contribution in [3.05, 3.63) is 71.0 Å². The summed E-state index contributed by atoms with van der Waals surface area (Å²) in [6.07, 6.45) is 3.83. The first kappa shape index (κ1) is 16.8. The van der Waals surface area contributed by atoms with Crippen molar-refractivity contribution < 1.29 is 9.13 Å². The smallest absolute Gasteiger partial charge is 0.288 e. The second kappa shape index (κ2) is 6.34. The number of ether oxygens (including phenoxy) is 1. The van der Waals surface area contributed by atoms with E-state index in [4.69, 9.17) is 15.5 Å². The van der Waals surface area contributed by atoms with Gasteiger partial charge in [0.25, 0.3) is 6.02 Å². The summed E-state index contributed by atoms with van der Waals surface area (Å²) in [6.45, 7) is 1.45. The van der Waals surface area contributed by atoms with Crippen molar-refractivity contribution in [1.82, 2.24) is 4.90 Å². The van der Waals surface area contributed by atoms with E-state index in [0.29, 0.717) is 12.6 Å². The second-order valence-corrected chi connectivity index (χ2v) is 8.01. The van der Waals surface area contributed by atoms with Gasteiger partial charge in [0.15, 0.2) is 0 Å². The number of hydrogen-bond donors (Lipinski definition) is 1. The van der Waals surface area contributed by atoms with Crippen molar-refractivity contribution >= 4 is 6.02 Å². The highest BCUT2D eigenvalue weighted by atomic mass is 19.1. The minimum absolute atomic E-state index is 0.0143. The average Bonchev–Trinajstić information content (AvgIpc) is 3.27. The van der Waals surface area contributed by atoms with Crippen LogP contribution < -0.4 is 5.73 Å². The van der Waals surface area contributed by atoms with Gasteiger partial charge < -0.3 is 15.4 Å². The molecule has 2 aliphatic heterocycles. The number of rotatable bonds is 1. The Kier molecular flexibility index (Phi) is 3.93. The Labute approximate surface area is 158 Å². The third-order valence-electron chi connectivity index (χ3n) is 6.14. The molecule has 0 radical (unpaired) electrons. The van der Waals surface area contributed by atoms with Crippen LogP contribution in [-0.2, 0) is 11.2 Å².